The maximum Gasteiger partial charge on any atom is 0.418 e. The van der Waals surface area contributed by atoms with Gasteiger partial charge in [-0.3, -0.25) is 4.79 Å². The van der Waals surface area contributed by atoms with Crippen LogP contribution in [0.4, 0.5) is 24.5 Å². The number of nitrogen functional groups attached to an aromatic ring is 1. The molecule has 0 atom stereocenters. The number of hydrogen-bond acceptors (Lipinski definition) is 2. The van der Waals surface area contributed by atoms with Gasteiger partial charge in [0.05, 0.1) is 11.3 Å². The first kappa shape index (κ1) is 15.3. The molecule has 1 amide bonds. The van der Waals surface area contributed by atoms with E-state index < -0.39 is 17.6 Å². The van der Waals surface area contributed by atoms with Crippen LogP contribution in [0.2, 0.25) is 0 Å². The number of hydrogen-bond donors (Lipinski definition) is 2. The standard InChI is InChI=1S/C13H17F3N2O/c1-2-3-4-5-12(19)18-11-7-6-9(17)8-10(11)13(14,15)16/h6-8H,2-5,17H2,1H3,(H,18,19). The summed E-state index contributed by atoms with van der Waals surface area (Å²) in [6.07, 6.45) is -1.83. The van der Waals surface area contributed by atoms with Crippen LogP contribution in [-0.2, 0) is 11.0 Å². The second kappa shape index (κ2) is 6.45. The van der Waals surface area contributed by atoms with Gasteiger partial charge in [0.1, 0.15) is 0 Å². The number of carbonyl (C=O) groups excluding carboxylic acids is 1. The number of amides is 1. The molecule has 19 heavy (non-hydrogen) atoms. The SMILES string of the molecule is CCCCCC(=O)Nc1ccc(N)cc1C(F)(F)F. The Morgan fingerprint density at radius 1 is 1.32 bits per heavy atom. The number of unbranched alkanes of at least 4 members (excludes halogenated alkanes) is 2. The van der Waals surface area contributed by atoms with Crippen molar-refractivity contribution in [2.45, 2.75) is 38.8 Å². The third kappa shape index (κ3) is 4.81. The molecule has 6 heteroatoms. The van der Waals surface area contributed by atoms with Gasteiger partial charge in [0.25, 0.3) is 0 Å². The Hall–Kier alpha value is -1.72. The zero-order chi connectivity index (χ0) is 14.5. The van der Waals surface area contributed by atoms with Gasteiger partial charge in [-0.15, -0.1) is 0 Å². The Morgan fingerprint density at radius 2 is 2.00 bits per heavy atom. The zero-order valence-electron chi connectivity index (χ0n) is 10.7. The number of carbonyl (C=O) groups is 1. The van der Waals surface area contributed by atoms with Gasteiger partial charge in [-0.1, -0.05) is 19.8 Å². The fraction of sp³-hybridized carbons (Fsp3) is 0.462. The van der Waals surface area contributed by atoms with E-state index in [0.717, 1.165) is 18.9 Å². The first-order chi connectivity index (χ1) is 8.84. The maximum atomic E-state index is 12.8. The molecule has 0 radical (unpaired) electrons. The average molecular weight is 274 g/mol. The highest BCUT2D eigenvalue weighted by atomic mass is 19.4. The molecule has 1 aromatic rings. The second-order valence-electron chi connectivity index (χ2n) is 4.31. The van der Waals surface area contributed by atoms with E-state index >= 15 is 0 Å². The third-order valence-electron chi connectivity index (χ3n) is 2.63. The molecule has 106 valence electrons. The summed E-state index contributed by atoms with van der Waals surface area (Å²) < 4.78 is 38.3. The number of anilines is 2. The lowest BCUT2D eigenvalue weighted by Gasteiger charge is -2.14. The van der Waals surface area contributed by atoms with Crippen LogP contribution in [0, 0.1) is 0 Å². The van der Waals surface area contributed by atoms with E-state index in [-0.39, 0.29) is 17.8 Å². The Bertz CT molecular complexity index is 444. The fourth-order valence-corrected chi connectivity index (χ4v) is 1.65. The van der Waals surface area contributed by atoms with Crippen LogP contribution in [0.25, 0.3) is 0 Å². The fourth-order valence-electron chi connectivity index (χ4n) is 1.65. The number of halogens is 3. The molecule has 0 aliphatic rings. The Balaban J connectivity index is 2.80. The van der Waals surface area contributed by atoms with Gasteiger partial charge in [-0.25, -0.2) is 0 Å². The molecule has 0 fully saturated rings. The van der Waals surface area contributed by atoms with Crippen molar-refractivity contribution in [3.05, 3.63) is 23.8 Å². The van der Waals surface area contributed by atoms with Crippen LogP contribution >= 0.6 is 0 Å². The predicted octanol–water partition coefficient (Wildman–Crippen LogP) is 3.81. The Kier molecular flexibility index (Phi) is 5.20. The van der Waals surface area contributed by atoms with Crippen LogP contribution in [0.3, 0.4) is 0 Å². The summed E-state index contributed by atoms with van der Waals surface area (Å²) in [6.45, 7) is 1.99. The van der Waals surface area contributed by atoms with E-state index in [4.69, 9.17) is 5.73 Å². The smallest absolute Gasteiger partial charge is 0.399 e. The highest BCUT2D eigenvalue weighted by Crippen LogP contribution is 2.36. The first-order valence-electron chi connectivity index (χ1n) is 6.11. The summed E-state index contributed by atoms with van der Waals surface area (Å²) in [6, 6.07) is 3.33. The van der Waals surface area contributed by atoms with E-state index in [0.29, 0.717) is 6.42 Å². The normalized spacial score (nSPS) is 11.4. The molecule has 0 aromatic heterocycles. The molecule has 3 nitrogen and oxygen atoms in total. The molecule has 0 unspecified atom stereocenters. The summed E-state index contributed by atoms with van der Waals surface area (Å²) >= 11 is 0. The molecule has 1 aromatic carbocycles. The number of nitrogens with one attached hydrogen (secondary N) is 1. The summed E-state index contributed by atoms with van der Waals surface area (Å²) in [4.78, 5) is 11.5. The van der Waals surface area contributed by atoms with Gasteiger partial charge in [-0.2, -0.15) is 13.2 Å². The molecule has 0 saturated heterocycles. The number of nitrogens with two attached hydrogens (primary N) is 1. The molecular formula is C13H17F3N2O. The van der Waals surface area contributed by atoms with Gasteiger partial charge < -0.3 is 11.1 Å². The van der Waals surface area contributed by atoms with Crippen molar-refractivity contribution in [1.82, 2.24) is 0 Å². The minimum Gasteiger partial charge on any atom is -0.399 e. The van der Waals surface area contributed by atoms with Crippen molar-refractivity contribution in [1.29, 1.82) is 0 Å². The van der Waals surface area contributed by atoms with Crippen molar-refractivity contribution >= 4 is 17.3 Å². The molecule has 0 bridgehead atoms. The van der Waals surface area contributed by atoms with E-state index in [9.17, 15) is 18.0 Å². The molecule has 0 heterocycles. The second-order valence-corrected chi connectivity index (χ2v) is 4.31. The molecule has 0 aliphatic heterocycles. The Labute approximate surface area is 110 Å². The quantitative estimate of drug-likeness (QED) is 0.633. The molecule has 3 N–H and O–H groups in total. The van der Waals surface area contributed by atoms with E-state index in [1.165, 1.54) is 12.1 Å². The van der Waals surface area contributed by atoms with Crippen LogP contribution in [0.5, 0.6) is 0 Å². The van der Waals surface area contributed by atoms with Crippen molar-refractivity contribution in [2.24, 2.45) is 0 Å². The zero-order valence-corrected chi connectivity index (χ0v) is 10.7. The van der Waals surface area contributed by atoms with Gasteiger partial charge in [0.15, 0.2) is 0 Å². The van der Waals surface area contributed by atoms with Gasteiger partial charge in [-0.05, 0) is 24.6 Å². The van der Waals surface area contributed by atoms with Crippen molar-refractivity contribution in [3.8, 4) is 0 Å². The highest BCUT2D eigenvalue weighted by molar-refractivity contribution is 5.91. The predicted molar refractivity (Wildman–Crippen MR) is 68.6 cm³/mol. The summed E-state index contributed by atoms with van der Waals surface area (Å²) in [5, 5.41) is 2.29. The van der Waals surface area contributed by atoms with Crippen LogP contribution < -0.4 is 11.1 Å². The lowest BCUT2D eigenvalue weighted by Crippen LogP contribution is -2.16. The van der Waals surface area contributed by atoms with E-state index in [2.05, 4.69) is 5.32 Å². The van der Waals surface area contributed by atoms with Crippen LogP contribution in [0.1, 0.15) is 38.2 Å². The lowest BCUT2D eigenvalue weighted by molar-refractivity contribution is -0.136. The summed E-state index contributed by atoms with van der Waals surface area (Å²) in [7, 11) is 0. The Morgan fingerprint density at radius 3 is 2.58 bits per heavy atom. The van der Waals surface area contributed by atoms with Gasteiger partial charge >= 0.3 is 6.18 Å². The molecular weight excluding hydrogens is 257 g/mol. The van der Waals surface area contributed by atoms with Crippen molar-refractivity contribution in [2.75, 3.05) is 11.1 Å². The largest absolute Gasteiger partial charge is 0.418 e. The first-order valence-corrected chi connectivity index (χ1v) is 6.11. The van der Waals surface area contributed by atoms with E-state index in [1.54, 1.807) is 0 Å². The average Bonchev–Trinajstić information content (AvgIpc) is 2.30. The number of benzene rings is 1. The monoisotopic (exact) mass is 274 g/mol. The van der Waals surface area contributed by atoms with E-state index in [1.807, 2.05) is 6.92 Å². The highest BCUT2D eigenvalue weighted by Gasteiger charge is 2.34. The van der Waals surface area contributed by atoms with Crippen LogP contribution in [-0.4, -0.2) is 5.91 Å². The maximum absolute atomic E-state index is 12.8. The van der Waals surface area contributed by atoms with Crippen LogP contribution in [0.15, 0.2) is 18.2 Å². The molecule has 0 saturated carbocycles. The molecule has 0 aliphatic carbocycles. The summed E-state index contributed by atoms with van der Waals surface area (Å²) in [5.41, 5.74) is 4.18. The number of alkyl halides is 3. The van der Waals surface area contributed by atoms with Gasteiger partial charge in [0.2, 0.25) is 5.91 Å². The van der Waals surface area contributed by atoms with Gasteiger partial charge in [0, 0.05) is 12.1 Å². The molecule has 0 spiro atoms. The third-order valence-corrected chi connectivity index (χ3v) is 2.63. The number of rotatable bonds is 5. The van der Waals surface area contributed by atoms with Crippen molar-refractivity contribution < 1.29 is 18.0 Å². The minimum atomic E-state index is -4.54. The summed E-state index contributed by atoms with van der Waals surface area (Å²) in [5.74, 6) is -0.413. The molecule has 1 rings (SSSR count). The lowest BCUT2D eigenvalue weighted by atomic mass is 10.1. The topological polar surface area (TPSA) is 55.1 Å². The van der Waals surface area contributed by atoms with Crippen molar-refractivity contribution in [3.63, 3.8) is 0 Å². The minimum absolute atomic E-state index is 0.0105.